The van der Waals surface area contributed by atoms with Crippen molar-refractivity contribution in [3.05, 3.63) is 82.8 Å². The molecule has 0 saturated heterocycles. The smallest absolute Gasteiger partial charge is 0.264 e. The van der Waals surface area contributed by atoms with Crippen LogP contribution in [0.1, 0.15) is 0 Å². The van der Waals surface area contributed by atoms with Crippen LogP contribution in [0.4, 0.5) is 20.2 Å². The molecule has 0 aliphatic rings. The van der Waals surface area contributed by atoms with Gasteiger partial charge in [0.05, 0.1) is 16.3 Å². The van der Waals surface area contributed by atoms with Gasteiger partial charge in [0, 0.05) is 9.37 Å². The van der Waals surface area contributed by atoms with Crippen molar-refractivity contribution in [2.24, 2.45) is 0 Å². The predicted octanol–water partition coefficient (Wildman–Crippen LogP) is 5.28. The van der Waals surface area contributed by atoms with Gasteiger partial charge in [0.1, 0.15) is 18.2 Å². The Hall–Kier alpha value is -2.43. The number of hydrogen-bond acceptors (Lipinski definition) is 4. The van der Waals surface area contributed by atoms with Gasteiger partial charge in [-0.2, -0.15) is 0 Å². The van der Waals surface area contributed by atoms with Gasteiger partial charge in [-0.25, -0.2) is 17.2 Å². The van der Waals surface area contributed by atoms with Gasteiger partial charge in [-0.3, -0.25) is 9.10 Å². The lowest BCUT2D eigenvalue weighted by molar-refractivity contribution is -0.114. The predicted molar refractivity (Wildman–Crippen MR) is 122 cm³/mol. The molecule has 162 valence electrons. The van der Waals surface area contributed by atoms with E-state index in [-0.39, 0.29) is 16.3 Å². The maximum Gasteiger partial charge on any atom is 0.264 e. The molecule has 0 saturated carbocycles. The summed E-state index contributed by atoms with van der Waals surface area (Å²) in [6, 6.07) is 15.1. The van der Waals surface area contributed by atoms with Crippen molar-refractivity contribution in [3.8, 4) is 0 Å². The van der Waals surface area contributed by atoms with Crippen LogP contribution in [-0.4, -0.2) is 27.1 Å². The van der Waals surface area contributed by atoms with Crippen LogP contribution in [0, 0.1) is 11.6 Å². The van der Waals surface area contributed by atoms with Crippen LogP contribution in [0.2, 0.25) is 0 Å². The van der Waals surface area contributed by atoms with Gasteiger partial charge in [0.2, 0.25) is 5.91 Å². The van der Waals surface area contributed by atoms with E-state index in [1.165, 1.54) is 60.3 Å². The Balaban J connectivity index is 1.95. The zero-order valence-electron chi connectivity index (χ0n) is 16.2. The molecule has 1 amide bonds. The van der Waals surface area contributed by atoms with Crippen LogP contribution in [0.25, 0.3) is 0 Å². The minimum atomic E-state index is -4.20. The van der Waals surface area contributed by atoms with Crippen molar-refractivity contribution < 1.29 is 22.0 Å². The molecule has 0 spiro atoms. The maximum atomic E-state index is 14.1. The molecular weight excluding hydrogens is 510 g/mol. The average molecular weight is 527 g/mol. The van der Waals surface area contributed by atoms with Gasteiger partial charge < -0.3 is 5.32 Å². The summed E-state index contributed by atoms with van der Waals surface area (Å²) < 4.78 is 55.7. The minimum Gasteiger partial charge on any atom is -0.322 e. The van der Waals surface area contributed by atoms with Crippen molar-refractivity contribution >= 4 is 55.0 Å². The molecule has 5 nitrogen and oxygen atoms in total. The normalized spacial score (nSPS) is 11.2. The molecule has 0 heterocycles. The number of anilines is 2. The molecule has 31 heavy (non-hydrogen) atoms. The van der Waals surface area contributed by atoms with Gasteiger partial charge in [-0.1, -0.05) is 22.0 Å². The number of nitrogens with zero attached hydrogens (tertiary/aromatic N) is 1. The summed E-state index contributed by atoms with van der Waals surface area (Å²) in [7, 11) is -4.20. The molecule has 0 unspecified atom stereocenters. The highest BCUT2D eigenvalue weighted by atomic mass is 79.9. The second-order valence-electron chi connectivity index (χ2n) is 6.34. The van der Waals surface area contributed by atoms with Gasteiger partial charge in [-0.05, 0) is 66.9 Å². The molecule has 0 atom stereocenters. The van der Waals surface area contributed by atoms with Crippen molar-refractivity contribution in [2.75, 3.05) is 22.4 Å². The fraction of sp³-hybridized carbons (Fsp3) is 0.0952. The second kappa shape index (κ2) is 9.80. The zero-order valence-corrected chi connectivity index (χ0v) is 19.4. The number of halogens is 3. The number of sulfonamides is 1. The number of nitrogens with one attached hydrogen (secondary N) is 1. The third-order valence-electron chi connectivity index (χ3n) is 4.24. The Kier molecular flexibility index (Phi) is 7.34. The summed E-state index contributed by atoms with van der Waals surface area (Å²) in [5.74, 6) is -2.12. The molecule has 0 aliphatic heterocycles. The standard InChI is InChI=1S/C21H17BrF2N2O3S2/c1-30-17-6-8-18(9-7-17)31(28,29)26(16-4-2-3-15(23)12-16)13-21(27)25-20-10-5-14(22)11-19(20)24/h2-12H,13H2,1H3,(H,25,27). The Morgan fingerprint density at radius 1 is 1.06 bits per heavy atom. The van der Waals surface area contributed by atoms with Gasteiger partial charge in [0.15, 0.2) is 0 Å². The van der Waals surface area contributed by atoms with Gasteiger partial charge in [-0.15, -0.1) is 11.8 Å². The molecule has 0 aliphatic carbocycles. The minimum absolute atomic E-state index is 0.0274. The lowest BCUT2D eigenvalue weighted by atomic mass is 10.3. The van der Waals surface area contributed by atoms with E-state index in [4.69, 9.17) is 0 Å². The Labute approximate surface area is 191 Å². The number of thioether (sulfide) groups is 1. The van der Waals surface area contributed by atoms with Gasteiger partial charge in [0.25, 0.3) is 10.0 Å². The van der Waals surface area contributed by atoms with Crippen molar-refractivity contribution in [1.82, 2.24) is 0 Å². The maximum absolute atomic E-state index is 14.1. The summed E-state index contributed by atoms with van der Waals surface area (Å²) in [5, 5.41) is 2.36. The summed E-state index contributed by atoms with van der Waals surface area (Å²) in [6.07, 6.45) is 1.86. The van der Waals surface area contributed by atoms with E-state index in [0.29, 0.717) is 4.47 Å². The Morgan fingerprint density at radius 3 is 2.39 bits per heavy atom. The van der Waals surface area contributed by atoms with E-state index < -0.39 is 34.1 Å². The van der Waals surface area contributed by atoms with E-state index >= 15 is 0 Å². The summed E-state index contributed by atoms with van der Waals surface area (Å²) in [4.78, 5) is 13.4. The largest absolute Gasteiger partial charge is 0.322 e. The van der Waals surface area contributed by atoms with Gasteiger partial charge >= 0.3 is 0 Å². The van der Waals surface area contributed by atoms with Crippen LogP contribution in [0.3, 0.4) is 0 Å². The van der Waals surface area contributed by atoms with Crippen LogP contribution < -0.4 is 9.62 Å². The summed E-state index contributed by atoms with van der Waals surface area (Å²) >= 11 is 4.57. The first-order valence-electron chi connectivity index (χ1n) is 8.88. The molecule has 1 N–H and O–H groups in total. The number of amides is 1. The zero-order chi connectivity index (χ0) is 22.6. The topological polar surface area (TPSA) is 66.5 Å². The first-order valence-corrected chi connectivity index (χ1v) is 12.3. The van der Waals surface area contributed by atoms with Crippen LogP contribution in [0.5, 0.6) is 0 Å². The lowest BCUT2D eigenvalue weighted by Gasteiger charge is -2.24. The summed E-state index contributed by atoms with van der Waals surface area (Å²) in [6.45, 7) is -0.675. The highest BCUT2D eigenvalue weighted by Crippen LogP contribution is 2.26. The number of benzene rings is 3. The number of rotatable bonds is 7. The van der Waals surface area contributed by atoms with Crippen molar-refractivity contribution in [2.45, 2.75) is 9.79 Å². The monoisotopic (exact) mass is 526 g/mol. The van der Waals surface area contributed by atoms with Crippen molar-refractivity contribution in [3.63, 3.8) is 0 Å². The third-order valence-corrected chi connectivity index (χ3v) is 7.26. The molecule has 0 radical (unpaired) electrons. The Morgan fingerprint density at radius 2 is 1.77 bits per heavy atom. The quantitative estimate of drug-likeness (QED) is 0.425. The number of hydrogen-bond donors (Lipinski definition) is 1. The lowest BCUT2D eigenvalue weighted by Crippen LogP contribution is -2.38. The van der Waals surface area contributed by atoms with Crippen LogP contribution in [-0.2, 0) is 14.8 Å². The average Bonchev–Trinajstić information content (AvgIpc) is 2.74. The molecule has 3 aromatic rings. The van der Waals surface area contributed by atoms with Crippen LogP contribution >= 0.6 is 27.7 Å². The fourth-order valence-corrected chi connectivity index (χ4v) is 4.89. The molecular formula is C21H17BrF2N2O3S2. The highest BCUT2D eigenvalue weighted by Gasteiger charge is 2.28. The summed E-state index contributed by atoms with van der Waals surface area (Å²) in [5.41, 5.74) is -0.130. The van der Waals surface area contributed by atoms with Crippen molar-refractivity contribution in [1.29, 1.82) is 0 Å². The molecule has 0 fully saturated rings. The third kappa shape index (κ3) is 5.63. The molecule has 3 rings (SSSR count). The number of carbonyl (C=O) groups is 1. The van der Waals surface area contributed by atoms with E-state index in [1.807, 2.05) is 6.26 Å². The molecule has 0 aromatic heterocycles. The number of carbonyl (C=O) groups excluding carboxylic acids is 1. The Bertz CT molecular complexity index is 1210. The van der Waals surface area contributed by atoms with E-state index in [1.54, 1.807) is 12.1 Å². The van der Waals surface area contributed by atoms with Crippen LogP contribution in [0.15, 0.2) is 81.0 Å². The molecule has 0 bridgehead atoms. The molecule has 10 heteroatoms. The highest BCUT2D eigenvalue weighted by molar-refractivity contribution is 9.10. The van der Waals surface area contributed by atoms with E-state index in [9.17, 15) is 22.0 Å². The van der Waals surface area contributed by atoms with E-state index in [0.717, 1.165) is 15.3 Å². The second-order valence-corrected chi connectivity index (χ2v) is 10.00. The first kappa shape index (κ1) is 23.2. The first-order chi connectivity index (χ1) is 14.7. The molecule has 3 aromatic carbocycles. The fourth-order valence-electron chi connectivity index (χ4n) is 2.73. The SMILES string of the molecule is CSc1ccc(S(=O)(=O)N(CC(=O)Nc2ccc(Br)cc2F)c2cccc(F)c2)cc1. The van der Waals surface area contributed by atoms with E-state index in [2.05, 4.69) is 21.2 Å².